The second-order valence-corrected chi connectivity index (χ2v) is 6.10. The number of carbonyl (C=O) groups excluding carboxylic acids is 2. The lowest BCUT2D eigenvalue weighted by atomic mass is 10.1. The van der Waals surface area contributed by atoms with Crippen LogP contribution in [0.25, 0.3) is 0 Å². The highest BCUT2D eigenvalue weighted by molar-refractivity contribution is 6.30. The fourth-order valence-electron chi connectivity index (χ4n) is 2.94. The van der Waals surface area contributed by atoms with E-state index in [0.717, 1.165) is 11.4 Å². The van der Waals surface area contributed by atoms with Gasteiger partial charge in [0.1, 0.15) is 5.82 Å². The second-order valence-electron chi connectivity index (χ2n) is 5.67. The summed E-state index contributed by atoms with van der Waals surface area (Å²) in [4.78, 5) is 26.7. The molecule has 0 bridgehead atoms. The Kier molecular flexibility index (Phi) is 4.53. The first-order valence-electron chi connectivity index (χ1n) is 7.66. The molecule has 1 atom stereocenters. The average molecular weight is 348 g/mol. The Bertz CT molecular complexity index is 789. The van der Waals surface area contributed by atoms with Crippen LogP contribution >= 0.6 is 11.6 Å². The lowest BCUT2D eigenvalue weighted by molar-refractivity contribution is -0.141. The summed E-state index contributed by atoms with van der Waals surface area (Å²) < 4.78 is 1.88. The predicted molar refractivity (Wildman–Crippen MR) is 88.4 cm³/mol. The zero-order chi connectivity index (χ0) is 17.3. The molecule has 3 rings (SSSR count). The fraction of sp³-hybridized carbons (Fsp3) is 0.375. The summed E-state index contributed by atoms with van der Waals surface area (Å²) in [5, 5.41) is 11.3. The molecule has 1 N–H and O–H groups in total. The maximum atomic E-state index is 12.8. The molecule has 0 fully saturated rings. The predicted octanol–water partition coefficient (Wildman–Crippen LogP) is 1.11. The molecule has 24 heavy (non-hydrogen) atoms. The van der Waals surface area contributed by atoms with Crippen molar-refractivity contribution in [1.29, 1.82) is 0 Å². The molecular weight excluding hydrogens is 330 g/mol. The van der Waals surface area contributed by atoms with Crippen LogP contribution in [0, 0.1) is 6.92 Å². The molecule has 0 radical (unpaired) electrons. The van der Waals surface area contributed by atoms with Gasteiger partial charge in [-0.2, -0.15) is 0 Å². The number of amides is 2. The summed E-state index contributed by atoms with van der Waals surface area (Å²) in [5.74, 6) is 0.818. The largest absolute Gasteiger partial charge is 0.357 e. The number of nitrogens with zero attached hydrogens (tertiary/aromatic N) is 4. The van der Waals surface area contributed by atoms with E-state index in [2.05, 4.69) is 15.5 Å². The van der Waals surface area contributed by atoms with Crippen molar-refractivity contribution in [2.45, 2.75) is 25.9 Å². The molecule has 0 saturated carbocycles. The number of aryl methyl sites for hydroxylation is 1. The van der Waals surface area contributed by atoms with E-state index >= 15 is 0 Å². The normalized spacial score (nSPS) is 16.6. The van der Waals surface area contributed by atoms with Crippen molar-refractivity contribution in [3.05, 3.63) is 46.5 Å². The number of halogens is 1. The van der Waals surface area contributed by atoms with Crippen LogP contribution < -0.4 is 5.32 Å². The van der Waals surface area contributed by atoms with Gasteiger partial charge in [0.25, 0.3) is 5.91 Å². The van der Waals surface area contributed by atoms with Gasteiger partial charge in [0.15, 0.2) is 11.9 Å². The van der Waals surface area contributed by atoms with E-state index in [-0.39, 0.29) is 18.2 Å². The van der Waals surface area contributed by atoms with Crippen LogP contribution in [-0.4, -0.2) is 45.1 Å². The van der Waals surface area contributed by atoms with Gasteiger partial charge >= 0.3 is 0 Å². The molecule has 1 aromatic carbocycles. The zero-order valence-electron chi connectivity index (χ0n) is 13.5. The molecule has 0 saturated heterocycles. The quantitative estimate of drug-likeness (QED) is 0.902. The van der Waals surface area contributed by atoms with E-state index in [1.165, 1.54) is 0 Å². The summed E-state index contributed by atoms with van der Waals surface area (Å²) in [6.07, 6.45) is 0.182. The Balaban J connectivity index is 1.88. The van der Waals surface area contributed by atoms with Crippen molar-refractivity contribution < 1.29 is 9.59 Å². The minimum absolute atomic E-state index is 0.141. The van der Waals surface area contributed by atoms with Gasteiger partial charge in [-0.1, -0.05) is 23.7 Å². The molecule has 1 aromatic heterocycles. The summed E-state index contributed by atoms with van der Waals surface area (Å²) in [6.45, 7) is 2.84. The molecule has 2 amide bonds. The van der Waals surface area contributed by atoms with Crippen LogP contribution in [0.4, 0.5) is 0 Å². The first kappa shape index (κ1) is 16.4. The van der Waals surface area contributed by atoms with Crippen LogP contribution in [0.15, 0.2) is 24.3 Å². The summed E-state index contributed by atoms with van der Waals surface area (Å²) in [5.41, 5.74) is 0.811. The lowest BCUT2D eigenvalue weighted by Crippen LogP contribution is -2.49. The summed E-state index contributed by atoms with van der Waals surface area (Å²) >= 11 is 5.97. The second kappa shape index (κ2) is 6.60. The molecule has 2 heterocycles. The lowest BCUT2D eigenvalue weighted by Gasteiger charge is -2.34. The van der Waals surface area contributed by atoms with Gasteiger partial charge in [-0.3, -0.25) is 9.59 Å². The van der Waals surface area contributed by atoms with E-state index in [1.54, 1.807) is 30.1 Å². The summed E-state index contributed by atoms with van der Waals surface area (Å²) in [7, 11) is 1.55. The third kappa shape index (κ3) is 2.99. The smallest absolute Gasteiger partial charge is 0.250 e. The van der Waals surface area contributed by atoms with Gasteiger partial charge in [0, 0.05) is 25.2 Å². The highest BCUT2D eigenvalue weighted by atomic mass is 35.5. The number of carbonyl (C=O) groups is 2. The maximum Gasteiger partial charge on any atom is 0.250 e. The molecular formula is C16H18ClN5O2. The van der Waals surface area contributed by atoms with Crippen LogP contribution in [0.1, 0.15) is 23.3 Å². The minimum Gasteiger partial charge on any atom is -0.357 e. The Morgan fingerprint density at radius 2 is 2.12 bits per heavy atom. The molecule has 2 aromatic rings. The first-order valence-corrected chi connectivity index (χ1v) is 8.04. The Hall–Kier alpha value is -2.41. The number of likely N-dealkylation sites (N-methyl/N-ethyl adjacent to an activating group) is 1. The number of benzene rings is 1. The van der Waals surface area contributed by atoms with Crippen LogP contribution in [0.3, 0.4) is 0 Å². The van der Waals surface area contributed by atoms with E-state index in [4.69, 9.17) is 11.6 Å². The van der Waals surface area contributed by atoms with Crippen molar-refractivity contribution in [3.63, 3.8) is 0 Å². The molecule has 0 spiro atoms. The molecule has 1 aliphatic heterocycles. The highest BCUT2D eigenvalue weighted by Gasteiger charge is 2.38. The highest BCUT2D eigenvalue weighted by Crippen LogP contribution is 2.26. The Labute approximate surface area is 144 Å². The van der Waals surface area contributed by atoms with E-state index in [9.17, 15) is 9.59 Å². The molecule has 8 heteroatoms. The zero-order valence-corrected chi connectivity index (χ0v) is 14.2. The fourth-order valence-corrected chi connectivity index (χ4v) is 3.15. The van der Waals surface area contributed by atoms with Crippen LogP contribution in [0.5, 0.6) is 0 Å². The number of hydrogen-bond donors (Lipinski definition) is 1. The van der Waals surface area contributed by atoms with Crippen LogP contribution in [0.2, 0.25) is 5.02 Å². The number of hydrogen-bond acceptors (Lipinski definition) is 4. The molecule has 1 unspecified atom stereocenters. The number of aromatic nitrogens is 3. The van der Waals surface area contributed by atoms with Gasteiger partial charge < -0.3 is 14.8 Å². The van der Waals surface area contributed by atoms with E-state index < -0.39 is 6.04 Å². The van der Waals surface area contributed by atoms with Gasteiger partial charge in [-0.25, -0.2) is 0 Å². The van der Waals surface area contributed by atoms with Gasteiger partial charge in [0.2, 0.25) is 5.91 Å². The third-order valence-corrected chi connectivity index (χ3v) is 4.38. The van der Waals surface area contributed by atoms with Crippen molar-refractivity contribution in [3.8, 4) is 0 Å². The van der Waals surface area contributed by atoms with E-state index in [1.807, 2.05) is 17.6 Å². The standard InChI is InChI=1S/C16H18ClN5O2/c1-10-19-20-15-14(16(24)18-2)22(7-6-21(10)15)13(23)9-11-4-3-5-12(17)8-11/h3-5,8,14H,6-7,9H2,1-2H3,(H,18,24). The van der Waals surface area contributed by atoms with E-state index in [0.29, 0.717) is 23.9 Å². The van der Waals surface area contributed by atoms with Gasteiger partial charge in [-0.05, 0) is 24.6 Å². The maximum absolute atomic E-state index is 12.8. The number of rotatable bonds is 3. The summed E-state index contributed by atoms with van der Waals surface area (Å²) in [6, 6.07) is 6.39. The number of fused-ring (bicyclic) bond motifs is 1. The minimum atomic E-state index is -0.767. The van der Waals surface area contributed by atoms with Crippen molar-refractivity contribution in [2.24, 2.45) is 0 Å². The third-order valence-electron chi connectivity index (χ3n) is 4.14. The van der Waals surface area contributed by atoms with Crippen molar-refractivity contribution >= 4 is 23.4 Å². The number of nitrogens with one attached hydrogen (secondary N) is 1. The van der Waals surface area contributed by atoms with Gasteiger partial charge in [-0.15, -0.1) is 10.2 Å². The Morgan fingerprint density at radius 1 is 1.33 bits per heavy atom. The molecule has 0 aliphatic carbocycles. The Morgan fingerprint density at radius 3 is 2.83 bits per heavy atom. The van der Waals surface area contributed by atoms with Crippen LogP contribution in [-0.2, 0) is 22.6 Å². The van der Waals surface area contributed by atoms with Crippen molar-refractivity contribution in [2.75, 3.05) is 13.6 Å². The monoisotopic (exact) mass is 347 g/mol. The van der Waals surface area contributed by atoms with Crippen molar-refractivity contribution in [1.82, 2.24) is 25.0 Å². The molecule has 126 valence electrons. The molecule has 7 nitrogen and oxygen atoms in total. The SMILES string of the molecule is CNC(=O)C1c2nnc(C)n2CCN1C(=O)Cc1cccc(Cl)c1. The topological polar surface area (TPSA) is 80.1 Å². The first-order chi connectivity index (χ1) is 11.5. The molecule has 1 aliphatic rings. The average Bonchev–Trinajstić information content (AvgIpc) is 2.94. The van der Waals surface area contributed by atoms with Gasteiger partial charge in [0.05, 0.1) is 6.42 Å².